The predicted octanol–water partition coefficient (Wildman–Crippen LogP) is 1.40. The van der Waals surface area contributed by atoms with Crippen LogP contribution in [-0.2, 0) is 9.59 Å². The number of piperazine rings is 1. The smallest absolute Gasteiger partial charge is 0.254 e. The van der Waals surface area contributed by atoms with Gasteiger partial charge in [0, 0.05) is 54.9 Å². The van der Waals surface area contributed by atoms with E-state index < -0.39 is 0 Å². The lowest BCUT2D eigenvalue weighted by Crippen LogP contribution is -2.51. The van der Waals surface area contributed by atoms with Gasteiger partial charge in [-0.05, 0) is 32.0 Å². The summed E-state index contributed by atoms with van der Waals surface area (Å²) in [7, 11) is 0. The highest BCUT2D eigenvalue weighted by molar-refractivity contribution is 7.99. The summed E-state index contributed by atoms with van der Waals surface area (Å²) in [5.41, 5.74) is 1.31. The van der Waals surface area contributed by atoms with Gasteiger partial charge in [0.1, 0.15) is 0 Å². The van der Waals surface area contributed by atoms with E-state index in [1.54, 1.807) is 17.8 Å². The molecule has 0 aromatic heterocycles. The van der Waals surface area contributed by atoms with Gasteiger partial charge in [0.15, 0.2) is 0 Å². The summed E-state index contributed by atoms with van der Waals surface area (Å²) in [4.78, 5) is 41.4. The summed E-state index contributed by atoms with van der Waals surface area (Å²) in [6.07, 6.45) is 0.481. The number of benzene rings is 1. The monoisotopic (exact) mass is 390 g/mol. The third-order valence-electron chi connectivity index (χ3n) is 4.56. The maximum atomic E-state index is 12.8. The van der Waals surface area contributed by atoms with Gasteiger partial charge in [0.2, 0.25) is 11.8 Å². The number of fused-ring (bicyclic) bond motifs is 1. The molecule has 1 fully saturated rings. The fraction of sp³-hybridized carbons (Fsp3) is 0.526. The van der Waals surface area contributed by atoms with Gasteiger partial charge >= 0.3 is 0 Å². The Morgan fingerprint density at radius 3 is 2.67 bits per heavy atom. The second-order valence-corrected chi connectivity index (χ2v) is 8.28. The van der Waals surface area contributed by atoms with Gasteiger partial charge in [-0.25, -0.2) is 0 Å². The van der Waals surface area contributed by atoms with Crippen molar-refractivity contribution in [1.82, 2.24) is 15.1 Å². The fourth-order valence-electron chi connectivity index (χ4n) is 3.22. The van der Waals surface area contributed by atoms with Crippen molar-refractivity contribution in [3.8, 4) is 0 Å². The van der Waals surface area contributed by atoms with Crippen molar-refractivity contribution < 1.29 is 14.4 Å². The van der Waals surface area contributed by atoms with Crippen LogP contribution >= 0.6 is 11.8 Å². The van der Waals surface area contributed by atoms with Gasteiger partial charge in [-0.2, -0.15) is 0 Å². The molecule has 27 heavy (non-hydrogen) atoms. The summed E-state index contributed by atoms with van der Waals surface area (Å²) in [5, 5.41) is 5.77. The Bertz CT molecular complexity index is 730. The first kappa shape index (κ1) is 19.7. The number of nitrogens with zero attached hydrogens (tertiary/aromatic N) is 2. The van der Waals surface area contributed by atoms with E-state index in [0.717, 1.165) is 16.3 Å². The molecule has 0 saturated carbocycles. The zero-order valence-corrected chi connectivity index (χ0v) is 16.6. The van der Waals surface area contributed by atoms with Crippen molar-refractivity contribution in [1.29, 1.82) is 0 Å². The molecule has 146 valence electrons. The van der Waals surface area contributed by atoms with E-state index in [2.05, 4.69) is 15.5 Å². The van der Waals surface area contributed by atoms with Crippen molar-refractivity contribution in [2.45, 2.75) is 31.2 Å². The molecule has 0 radical (unpaired) electrons. The molecule has 2 aliphatic rings. The van der Waals surface area contributed by atoms with Crippen molar-refractivity contribution >= 4 is 35.2 Å². The first-order valence-corrected chi connectivity index (χ1v) is 10.3. The Hall–Kier alpha value is -2.06. The second-order valence-electron chi connectivity index (χ2n) is 7.15. The molecule has 0 aliphatic carbocycles. The number of anilines is 1. The number of hydrogen-bond donors (Lipinski definition) is 2. The molecule has 7 nitrogen and oxygen atoms in total. The van der Waals surface area contributed by atoms with Crippen LogP contribution in [0.4, 0.5) is 5.69 Å². The largest absolute Gasteiger partial charge is 0.353 e. The Morgan fingerprint density at radius 2 is 1.96 bits per heavy atom. The molecular formula is C19H26N4O3S. The Labute approximate surface area is 163 Å². The van der Waals surface area contributed by atoms with Gasteiger partial charge in [-0.15, -0.1) is 11.8 Å². The van der Waals surface area contributed by atoms with Crippen LogP contribution in [0.1, 0.15) is 30.6 Å². The van der Waals surface area contributed by atoms with Crippen LogP contribution in [0.2, 0.25) is 0 Å². The molecule has 0 atom stereocenters. The van der Waals surface area contributed by atoms with Crippen LogP contribution in [0.3, 0.4) is 0 Å². The summed E-state index contributed by atoms with van der Waals surface area (Å²) in [6, 6.07) is 5.64. The number of nitrogens with one attached hydrogen (secondary N) is 2. The standard InChI is InChI=1S/C19H26N4O3S/c1-13(2)20-18(25)12-22-6-8-23(9-7-22)19(26)14-3-4-16-15(11-14)21-17(24)5-10-27-16/h3-4,11,13H,5-10,12H2,1-2H3,(H,20,25)(H,21,24). The van der Waals surface area contributed by atoms with Crippen molar-refractivity contribution in [2.75, 3.05) is 43.8 Å². The molecule has 0 unspecified atom stereocenters. The number of amides is 3. The SMILES string of the molecule is CC(C)NC(=O)CN1CCN(C(=O)c2ccc3c(c2)NC(=O)CCS3)CC1. The van der Waals surface area contributed by atoms with Gasteiger partial charge in [0.05, 0.1) is 12.2 Å². The first-order valence-electron chi connectivity index (χ1n) is 9.30. The van der Waals surface area contributed by atoms with Crippen LogP contribution in [0.15, 0.2) is 23.1 Å². The van der Waals surface area contributed by atoms with E-state index >= 15 is 0 Å². The highest BCUT2D eigenvalue weighted by atomic mass is 32.2. The molecule has 1 aromatic rings. The third kappa shape index (κ3) is 5.23. The van der Waals surface area contributed by atoms with Crippen molar-refractivity contribution in [2.24, 2.45) is 0 Å². The van der Waals surface area contributed by atoms with Crippen molar-refractivity contribution in [3.05, 3.63) is 23.8 Å². The van der Waals surface area contributed by atoms with Gasteiger partial charge in [-0.1, -0.05) is 0 Å². The first-order chi connectivity index (χ1) is 12.9. The van der Waals surface area contributed by atoms with E-state index in [0.29, 0.717) is 44.7 Å². The predicted molar refractivity (Wildman–Crippen MR) is 106 cm³/mol. The molecule has 3 amide bonds. The molecule has 3 rings (SSSR count). The van der Waals surface area contributed by atoms with Gasteiger partial charge < -0.3 is 15.5 Å². The highest BCUT2D eigenvalue weighted by Crippen LogP contribution is 2.31. The van der Waals surface area contributed by atoms with Crippen LogP contribution in [0.25, 0.3) is 0 Å². The average molecular weight is 391 g/mol. The normalized spacial score (nSPS) is 17.9. The van der Waals surface area contributed by atoms with E-state index in [1.165, 1.54) is 0 Å². The maximum Gasteiger partial charge on any atom is 0.254 e. The summed E-state index contributed by atoms with van der Waals surface area (Å²) < 4.78 is 0. The molecule has 1 aromatic carbocycles. The molecule has 8 heteroatoms. The lowest BCUT2D eigenvalue weighted by Gasteiger charge is -2.34. The minimum Gasteiger partial charge on any atom is -0.353 e. The topological polar surface area (TPSA) is 81.8 Å². The number of thioether (sulfide) groups is 1. The summed E-state index contributed by atoms with van der Waals surface area (Å²) in [5.74, 6) is 0.717. The van der Waals surface area contributed by atoms with Crippen LogP contribution in [0.5, 0.6) is 0 Å². The molecule has 1 saturated heterocycles. The van der Waals surface area contributed by atoms with Gasteiger partial charge in [0.25, 0.3) is 5.91 Å². The molecule has 2 heterocycles. The summed E-state index contributed by atoms with van der Waals surface area (Å²) in [6.45, 7) is 6.77. The average Bonchev–Trinajstić information content (AvgIpc) is 2.80. The van der Waals surface area contributed by atoms with E-state index in [-0.39, 0.29) is 23.8 Å². The van der Waals surface area contributed by atoms with Crippen LogP contribution in [0, 0.1) is 0 Å². The maximum absolute atomic E-state index is 12.8. The summed E-state index contributed by atoms with van der Waals surface area (Å²) >= 11 is 1.63. The zero-order chi connectivity index (χ0) is 19.4. The lowest BCUT2D eigenvalue weighted by molar-refractivity contribution is -0.123. The number of carbonyl (C=O) groups excluding carboxylic acids is 3. The highest BCUT2D eigenvalue weighted by Gasteiger charge is 2.24. The van der Waals surface area contributed by atoms with Gasteiger partial charge in [-0.3, -0.25) is 19.3 Å². The molecule has 2 N–H and O–H groups in total. The minimum atomic E-state index is -0.0347. The Balaban J connectivity index is 1.58. The van der Waals surface area contributed by atoms with Crippen LogP contribution in [-0.4, -0.2) is 72.0 Å². The zero-order valence-electron chi connectivity index (χ0n) is 15.8. The molecule has 2 aliphatic heterocycles. The van der Waals surface area contributed by atoms with Crippen LogP contribution < -0.4 is 10.6 Å². The fourth-order valence-corrected chi connectivity index (χ4v) is 4.15. The molecule has 0 spiro atoms. The van der Waals surface area contributed by atoms with E-state index in [4.69, 9.17) is 0 Å². The minimum absolute atomic E-state index is 0.0147. The number of carbonyl (C=O) groups is 3. The van der Waals surface area contributed by atoms with E-state index in [9.17, 15) is 14.4 Å². The lowest BCUT2D eigenvalue weighted by atomic mass is 10.1. The Morgan fingerprint density at radius 1 is 1.22 bits per heavy atom. The number of hydrogen-bond acceptors (Lipinski definition) is 5. The molecular weight excluding hydrogens is 364 g/mol. The quantitative estimate of drug-likeness (QED) is 0.812. The molecule has 0 bridgehead atoms. The Kier molecular flexibility index (Phi) is 6.38. The second kappa shape index (κ2) is 8.75. The third-order valence-corrected chi connectivity index (χ3v) is 5.64. The number of rotatable bonds is 4. The van der Waals surface area contributed by atoms with Crippen molar-refractivity contribution in [3.63, 3.8) is 0 Å². The van der Waals surface area contributed by atoms with E-state index in [1.807, 2.05) is 30.9 Å².